The Bertz CT molecular complexity index is 380. The summed E-state index contributed by atoms with van der Waals surface area (Å²) in [5.74, 6) is -0.0628. The smallest absolute Gasteiger partial charge is 0.303 e. The van der Waals surface area contributed by atoms with Gasteiger partial charge in [-0.15, -0.1) is 0 Å². The molecule has 1 aromatic carbocycles. The fourth-order valence-corrected chi connectivity index (χ4v) is 1.39. The van der Waals surface area contributed by atoms with Crippen molar-refractivity contribution in [2.24, 2.45) is 0 Å². The van der Waals surface area contributed by atoms with Crippen molar-refractivity contribution < 1.29 is 14.6 Å². The Morgan fingerprint density at radius 2 is 1.94 bits per heavy atom. The molecule has 0 fully saturated rings. The van der Waals surface area contributed by atoms with E-state index >= 15 is 0 Å². The quantitative estimate of drug-likeness (QED) is 0.497. The Hall–Kier alpha value is -1.91. The number of hydrogen-bond acceptors (Lipinski definition) is 4. The highest BCUT2D eigenvalue weighted by atomic mass is 16.5. The van der Waals surface area contributed by atoms with Crippen LogP contribution in [-0.4, -0.2) is 17.7 Å². The molecule has 5 heteroatoms. The maximum absolute atomic E-state index is 10.3. The third kappa shape index (κ3) is 5.10. The van der Waals surface area contributed by atoms with Crippen molar-refractivity contribution >= 4 is 17.3 Å². The topological polar surface area (TPSA) is 98.6 Å². The lowest BCUT2D eigenvalue weighted by Gasteiger charge is -2.07. The van der Waals surface area contributed by atoms with Gasteiger partial charge in [-0.25, -0.2) is 0 Å². The van der Waals surface area contributed by atoms with E-state index < -0.39 is 5.97 Å². The van der Waals surface area contributed by atoms with E-state index in [1.807, 2.05) is 0 Å². The highest BCUT2D eigenvalue weighted by Crippen LogP contribution is 2.21. The number of unbranched alkanes of at least 4 members (excludes halogenated alkanes) is 2. The summed E-state index contributed by atoms with van der Waals surface area (Å²) >= 11 is 0. The molecule has 17 heavy (non-hydrogen) atoms. The lowest BCUT2D eigenvalue weighted by Crippen LogP contribution is -2.00. The van der Waals surface area contributed by atoms with E-state index in [4.69, 9.17) is 21.3 Å². The average molecular weight is 238 g/mol. The highest BCUT2D eigenvalue weighted by Gasteiger charge is 1.99. The van der Waals surface area contributed by atoms with Gasteiger partial charge in [-0.05, 0) is 31.4 Å². The van der Waals surface area contributed by atoms with Gasteiger partial charge in [0.1, 0.15) is 5.75 Å². The molecule has 5 nitrogen and oxygen atoms in total. The first kappa shape index (κ1) is 13.2. The van der Waals surface area contributed by atoms with Crippen LogP contribution in [0.3, 0.4) is 0 Å². The molecule has 0 bridgehead atoms. The summed E-state index contributed by atoms with van der Waals surface area (Å²) in [5.41, 5.74) is 12.3. The van der Waals surface area contributed by atoms with Crippen LogP contribution in [0.1, 0.15) is 25.7 Å². The normalized spacial score (nSPS) is 10.1. The summed E-state index contributed by atoms with van der Waals surface area (Å²) in [6, 6.07) is 5.16. The van der Waals surface area contributed by atoms with Crippen molar-refractivity contribution in [3.05, 3.63) is 18.2 Å². The Morgan fingerprint density at radius 1 is 1.18 bits per heavy atom. The Morgan fingerprint density at radius 3 is 2.59 bits per heavy atom. The first-order chi connectivity index (χ1) is 8.09. The molecule has 0 aromatic heterocycles. The predicted octanol–water partition coefficient (Wildman–Crippen LogP) is 1.87. The maximum Gasteiger partial charge on any atom is 0.303 e. The predicted molar refractivity (Wildman–Crippen MR) is 66.9 cm³/mol. The number of carboxylic acids is 1. The highest BCUT2D eigenvalue weighted by molar-refractivity contribution is 5.66. The largest absolute Gasteiger partial charge is 0.494 e. The molecule has 0 aliphatic carbocycles. The van der Waals surface area contributed by atoms with Crippen molar-refractivity contribution in [2.45, 2.75) is 25.7 Å². The molecule has 0 heterocycles. The number of nitrogen functional groups attached to an aromatic ring is 2. The van der Waals surface area contributed by atoms with Crippen LogP contribution in [0.15, 0.2) is 18.2 Å². The molecule has 94 valence electrons. The molecule has 0 saturated heterocycles. The second-order valence-electron chi connectivity index (χ2n) is 3.84. The van der Waals surface area contributed by atoms with E-state index in [0.717, 1.165) is 12.8 Å². The van der Waals surface area contributed by atoms with E-state index in [1.54, 1.807) is 18.2 Å². The monoisotopic (exact) mass is 238 g/mol. The number of anilines is 2. The van der Waals surface area contributed by atoms with Crippen LogP contribution in [0, 0.1) is 0 Å². The molecule has 0 amide bonds. The number of aliphatic carboxylic acids is 1. The molecule has 0 saturated carbocycles. The van der Waals surface area contributed by atoms with Gasteiger partial charge < -0.3 is 21.3 Å². The molecule has 0 atom stereocenters. The van der Waals surface area contributed by atoms with E-state index in [-0.39, 0.29) is 6.42 Å². The Balaban J connectivity index is 2.18. The zero-order valence-electron chi connectivity index (χ0n) is 9.69. The summed E-state index contributed by atoms with van der Waals surface area (Å²) in [5, 5.41) is 8.45. The summed E-state index contributed by atoms with van der Waals surface area (Å²) < 4.78 is 5.47. The third-order valence-electron chi connectivity index (χ3n) is 2.36. The summed E-state index contributed by atoms with van der Waals surface area (Å²) in [6.07, 6.45) is 2.58. The van der Waals surface area contributed by atoms with Gasteiger partial charge >= 0.3 is 5.97 Å². The van der Waals surface area contributed by atoms with Gasteiger partial charge in [-0.2, -0.15) is 0 Å². The lowest BCUT2D eigenvalue weighted by atomic mass is 10.2. The third-order valence-corrected chi connectivity index (χ3v) is 2.36. The molecule has 1 rings (SSSR count). The second kappa shape index (κ2) is 6.62. The zero-order chi connectivity index (χ0) is 12.7. The van der Waals surface area contributed by atoms with Crippen LogP contribution in [0.5, 0.6) is 5.75 Å². The molecule has 0 unspecified atom stereocenters. The van der Waals surface area contributed by atoms with E-state index in [9.17, 15) is 4.79 Å². The first-order valence-corrected chi connectivity index (χ1v) is 5.59. The number of benzene rings is 1. The van der Waals surface area contributed by atoms with Crippen molar-refractivity contribution in [2.75, 3.05) is 18.1 Å². The number of rotatable bonds is 7. The average Bonchev–Trinajstić information content (AvgIpc) is 2.27. The molecular weight excluding hydrogens is 220 g/mol. The minimum Gasteiger partial charge on any atom is -0.494 e. The van der Waals surface area contributed by atoms with Gasteiger partial charge in [0.2, 0.25) is 0 Å². The Kier molecular flexibility index (Phi) is 5.13. The van der Waals surface area contributed by atoms with Crippen LogP contribution < -0.4 is 16.2 Å². The van der Waals surface area contributed by atoms with E-state index in [0.29, 0.717) is 30.2 Å². The number of hydrogen-bond donors (Lipinski definition) is 3. The van der Waals surface area contributed by atoms with Gasteiger partial charge in [0, 0.05) is 12.5 Å². The molecule has 5 N–H and O–H groups in total. The van der Waals surface area contributed by atoms with Gasteiger partial charge in [0.15, 0.2) is 0 Å². The number of carbonyl (C=O) groups is 1. The van der Waals surface area contributed by atoms with E-state index in [2.05, 4.69) is 0 Å². The first-order valence-electron chi connectivity index (χ1n) is 5.59. The second-order valence-corrected chi connectivity index (χ2v) is 3.84. The molecule has 1 aromatic rings. The zero-order valence-corrected chi connectivity index (χ0v) is 9.69. The minimum absolute atomic E-state index is 0.217. The summed E-state index contributed by atoms with van der Waals surface area (Å²) in [4.78, 5) is 10.3. The van der Waals surface area contributed by atoms with Crippen molar-refractivity contribution in [1.29, 1.82) is 0 Å². The van der Waals surface area contributed by atoms with Gasteiger partial charge in [-0.1, -0.05) is 0 Å². The minimum atomic E-state index is -0.753. The van der Waals surface area contributed by atoms with Crippen LogP contribution >= 0.6 is 0 Å². The van der Waals surface area contributed by atoms with E-state index in [1.165, 1.54) is 0 Å². The van der Waals surface area contributed by atoms with Crippen LogP contribution in [-0.2, 0) is 4.79 Å². The fourth-order valence-electron chi connectivity index (χ4n) is 1.39. The van der Waals surface area contributed by atoms with Crippen LogP contribution in [0.2, 0.25) is 0 Å². The SMILES string of the molecule is Nc1ccc(OCCCCCC(=O)O)cc1N. The van der Waals surface area contributed by atoms with Crippen LogP contribution in [0.4, 0.5) is 11.4 Å². The fraction of sp³-hybridized carbons (Fsp3) is 0.417. The maximum atomic E-state index is 10.3. The lowest BCUT2D eigenvalue weighted by molar-refractivity contribution is -0.137. The Labute approximate surface area is 100 Å². The van der Waals surface area contributed by atoms with Crippen molar-refractivity contribution in [1.82, 2.24) is 0 Å². The molecule has 0 aliphatic rings. The van der Waals surface area contributed by atoms with Gasteiger partial charge in [0.05, 0.1) is 18.0 Å². The molecule has 0 aliphatic heterocycles. The molecule has 0 radical (unpaired) electrons. The van der Waals surface area contributed by atoms with Crippen molar-refractivity contribution in [3.63, 3.8) is 0 Å². The van der Waals surface area contributed by atoms with Gasteiger partial charge in [0.25, 0.3) is 0 Å². The number of nitrogens with two attached hydrogens (primary N) is 2. The standard InChI is InChI=1S/C12H18N2O3/c13-10-6-5-9(8-11(10)14)17-7-3-1-2-4-12(15)16/h5-6,8H,1-4,7,13-14H2,(H,15,16). The van der Waals surface area contributed by atoms with Crippen molar-refractivity contribution in [3.8, 4) is 5.75 Å². The van der Waals surface area contributed by atoms with Gasteiger partial charge in [-0.3, -0.25) is 4.79 Å². The summed E-state index contributed by atoms with van der Waals surface area (Å²) in [6.45, 7) is 0.559. The van der Waals surface area contributed by atoms with Crippen LogP contribution in [0.25, 0.3) is 0 Å². The molecular formula is C12H18N2O3. The summed E-state index contributed by atoms with van der Waals surface area (Å²) in [7, 11) is 0. The number of ether oxygens (including phenoxy) is 1. The number of carboxylic acid groups (broad SMARTS) is 1. The molecule has 0 spiro atoms.